The van der Waals surface area contributed by atoms with Crippen LogP contribution in [0.3, 0.4) is 0 Å². The Morgan fingerprint density at radius 3 is 2.37 bits per heavy atom. The number of likely N-dealkylation sites (tertiary alicyclic amines) is 1. The van der Waals surface area contributed by atoms with E-state index in [4.69, 9.17) is 0 Å². The van der Waals surface area contributed by atoms with Crippen molar-refractivity contribution in [3.63, 3.8) is 0 Å². The molecule has 1 unspecified atom stereocenters. The summed E-state index contributed by atoms with van der Waals surface area (Å²) in [6.45, 7) is 6.96. The molecule has 2 aliphatic rings. The summed E-state index contributed by atoms with van der Waals surface area (Å²) in [6, 6.07) is 0.264. The van der Waals surface area contributed by atoms with Gasteiger partial charge in [-0.15, -0.1) is 0 Å². The van der Waals surface area contributed by atoms with Gasteiger partial charge in [-0.25, -0.2) is 0 Å². The lowest BCUT2D eigenvalue weighted by Crippen LogP contribution is -2.48. The normalized spacial score (nSPS) is 25.6. The molecule has 1 saturated heterocycles. The van der Waals surface area contributed by atoms with Gasteiger partial charge in [0.05, 0.1) is 6.61 Å². The van der Waals surface area contributed by atoms with Crippen LogP contribution in [0.15, 0.2) is 0 Å². The third-order valence-corrected chi connectivity index (χ3v) is 5.21. The van der Waals surface area contributed by atoms with Crippen molar-refractivity contribution >= 4 is 0 Å². The number of hydrogen-bond donors (Lipinski definition) is 2. The van der Waals surface area contributed by atoms with Gasteiger partial charge in [0.25, 0.3) is 0 Å². The van der Waals surface area contributed by atoms with E-state index >= 15 is 0 Å². The van der Waals surface area contributed by atoms with Crippen LogP contribution >= 0.6 is 0 Å². The van der Waals surface area contributed by atoms with Crippen molar-refractivity contribution in [2.24, 2.45) is 5.41 Å². The van der Waals surface area contributed by atoms with Crippen LogP contribution < -0.4 is 5.32 Å². The number of rotatable bonds is 6. The molecular weight excluding hydrogens is 236 g/mol. The molecule has 1 heterocycles. The summed E-state index contributed by atoms with van der Waals surface area (Å²) in [5.74, 6) is 0. The van der Waals surface area contributed by atoms with Crippen molar-refractivity contribution in [1.82, 2.24) is 10.2 Å². The fourth-order valence-electron chi connectivity index (χ4n) is 3.86. The number of nitrogens with one attached hydrogen (secondary N) is 1. The van der Waals surface area contributed by atoms with Gasteiger partial charge in [-0.1, -0.05) is 26.2 Å². The van der Waals surface area contributed by atoms with E-state index in [1.165, 1.54) is 58.0 Å². The summed E-state index contributed by atoms with van der Waals surface area (Å²) in [5, 5.41) is 12.9. The fraction of sp³-hybridized carbons (Fsp3) is 1.00. The van der Waals surface area contributed by atoms with E-state index in [1.807, 2.05) is 0 Å². The zero-order valence-electron chi connectivity index (χ0n) is 12.7. The molecule has 0 aromatic carbocycles. The van der Waals surface area contributed by atoms with Crippen LogP contribution in [0.5, 0.6) is 0 Å². The van der Waals surface area contributed by atoms with Gasteiger partial charge in [0.2, 0.25) is 0 Å². The minimum atomic E-state index is 0.264. The molecule has 1 spiro atoms. The molecule has 1 atom stereocenters. The Balaban J connectivity index is 1.72. The molecule has 2 rings (SSSR count). The molecule has 19 heavy (non-hydrogen) atoms. The second-order valence-electron chi connectivity index (χ2n) is 6.69. The second-order valence-corrected chi connectivity index (χ2v) is 6.69. The lowest BCUT2D eigenvalue weighted by Gasteiger charge is -2.45. The Bertz CT molecular complexity index is 241. The maximum atomic E-state index is 9.44. The molecule has 0 radical (unpaired) electrons. The summed E-state index contributed by atoms with van der Waals surface area (Å²) in [6.07, 6.45) is 11.2. The highest BCUT2D eigenvalue weighted by atomic mass is 16.3. The smallest absolute Gasteiger partial charge is 0.0597 e. The molecule has 3 heteroatoms. The second kappa shape index (κ2) is 7.61. The molecule has 2 N–H and O–H groups in total. The highest BCUT2D eigenvalue weighted by Crippen LogP contribution is 2.44. The third-order valence-electron chi connectivity index (χ3n) is 5.21. The maximum absolute atomic E-state index is 9.44. The largest absolute Gasteiger partial charge is 0.395 e. The van der Waals surface area contributed by atoms with E-state index in [0.717, 1.165) is 19.5 Å². The quantitative estimate of drug-likeness (QED) is 0.776. The van der Waals surface area contributed by atoms with Crippen LogP contribution in [0, 0.1) is 5.41 Å². The van der Waals surface area contributed by atoms with Crippen molar-refractivity contribution in [1.29, 1.82) is 0 Å². The zero-order chi connectivity index (χ0) is 13.6. The number of piperidine rings is 1. The van der Waals surface area contributed by atoms with Crippen molar-refractivity contribution in [3.05, 3.63) is 0 Å². The first-order valence-electron chi connectivity index (χ1n) is 8.34. The molecule has 112 valence electrons. The lowest BCUT2D eigenvalue weighted by atomic mass is 9.68. The van der Waals surface area contributed by atoms with Gasteiger partial charge in [-0.2, -0.15) is 0 Å². The minimum Gasteiger partial charge on any atom is -0.395 e. The predicted molar refractivity (Wildman–Crippen MR) is 80.4 cm³/mol. The van der Waals surface area contributed by atoms with Crippen LogP contribution in [-0.2, 0) is 0 Å². The summed E-state index contributed by atoms with van der Waals surface area (Å²) in [4.78, 5) is 2.56. The van der Waals surface area contributed by atoms with E-state index in [9.17, 15) is 5.11 Å². The Labute approximate surface area is 118 Å². The Hall–Kier alpha value is -0.120. The Kier molecular flexibility index (Phi) is 6.11. The topological polar surface area (TPSA) is 35.5 Å². The average Bonchev–Trinajstić information content (AvgIpc) is 2.46. The first-order valence-corrected chi connectivity index (χ1v) is 8.34. The van der Waals surface area contributed by atoms with E-state index in [1.54, 1.807) is 0 Å². The molecule has 0 aromatic heterocycles. The van der Waals surface area contributed by atoms with Crippen LogP contribution in [0.25, 0.3) is 0 Å². The van der Waals surface area contributed by atoms with E-state index in [2.05, 4.69) is 17.1 Å². The summed E-state index contributed by atoms with van der Waals surface area (Å²) >= 11 is 0. The minimum absolute atomic E-state index is 0.264. The van der Waals surface area contributed by atoms with Crippen molar-refractivity contribution in [2.75, 3.05) is 32.8 Å². The molecule has 0 amide bonds. The van der Waals surface area contributed by atoms with Gasteiger partial charge < -0.3 is 15.3 Å². The molecular formula is C16H32N2O. The van der Waals surface area contributed by atoms with Crippen LogP contribution in [0.1, 0.15) is 58.3 Å². The molecule has 1 saturated carbocycles. The van der Waals surface area contributed by atoms with Crippen molar-refractivity contribution in [2.45, 2.75) is 64.3 Å². The molecule has 3 nitrogen and oxygen atoms in total. The number of nitrogens with zero attached hydrogens (tertiary/aromatic N) is 1. The summed E-state index contributed by atoms with van der Waals surface area (Å²) < 4.78 is 0. The average molecular weight is 268 g/mol. The standard InChI is InChI=1S/C16H32N2O/c1-2-10-17-15(14-19)13-18-11-8-16(9-12-18)6-4-3-5-7-16/h15,17,19H,2-14H2,1H3. The maximum Gasteiger partial charge on any atom is 0.0597 e. The zero-order valence-corrected chi connectivity index (χ0v) is 12.7. The number of aliphatic hydroxyl groups is 1. The van der Waals surface area contributed by atoms with Gasteiger partial charge >= 0.3 is 0 Å². The first kappa shape index (κ1) is 15.3. The molecule has 0 bridgehead atoms. The molecule has 0 aromatic rings. The van der Waals surface area contributed by atoms with E-state index in [0.29, 0.717) is 5.41 Å². The van der Waals surface area contributed by atoms with Gasteiger partial charge in [0.15, 0.2) is 0 Å². The van der Waals surface area contributed by atoms with Crippen molar-refractivity contribution in [3.8, 4) is 0 Å². The van der Waals surface area contributed by atoms with Crippen molar-refractivity contribution < 1.29 is 5.11 Å². The first-order chi connectivity index (χ1) is 9.28. The number of aliphatic hydroxyl groups excluding tert-OH is 1. The Morgan fingerprint density at radius 1 is 1.11 bits per heavy atom. The van der Waals surface area contributed by atoms with Gasteiger partial charge in [0.1, 0.15) is 0 Å². The summed E-state index contributed by atoms with van der Waals surface area (Å²) in [5.41, 5.74) is 0.695. The van der Waals surface area contributed by atoms with Crippen LogP contribution in [0.2, 0.25) is 0 Å². The molecule has 2 fully saturated rings. The van der Waals surface area contributed by atoms with Gasteiger partial charge in [0, 0.05) is 12.6 Å². The third kappa shape index (κ3) is 4.44. The van der Waals surface area contributed by atoms with E-state index in [-0.39, 0.29) is 12.6 Å². The fourth-order valence-corrected chi connectivity index (χ4v) is 3.86. The Morgan fingerprint density at radius 2 is 1.79 bits per heavy atom. The van der Waals surface area contributed by atoms with E-state index < -0.39 is 0 Å². The highest BCUT2D eigenvalue weighted by Gasteiger charge is 2.35. The van der Waals surface area contributed by atoms with Gasteiger partial charge in [-0.3, -0.25) is 0 Å². The summed E-state index contributed by atoms with van der Waals surface area (Å²) in [7, 11) is 0. The van der Waals surface area contributed by atoms with Crippen LogP contribution in [0.4, 0.5) is 0 Å². The monoisotopic (exact) mass is 268 g/mol. The molecule has 1 aliphatic carbocycles. The highest BCUT2D eigenvalue weighted by molar-refractivity contribution is 4.89. The predicted octanol–water partition coefficient (Wildman–Crippen LogP) is 2.39. The SMILES string of the molecule is CCCNC(CO)CN1CCC2(CCCCC2)CC1. The lowest BCUT2D eigenvalue weighted by molar-refractivity contribution is 0.0580. The molecule has 1 aliphatic heterocycles. The van der Waals surface area contributed by atoms with Crippen LogP contribution in [-0.4, -0.2) is 48.8 Å². The van der Waals surface area contributed by atoms with Gasteiger partial charge in [-0.05, 0) is 57.2 Å². The number of hydrogen-bond acceptors (Lipinski definition) is 3.